The Kier molecular flexibility index (Phi) is 11.6. The van der Waals surface area contributed by atoms with E-state index in [0.29, 0.717) is 29.5 Å². The minimum absolute atomic E-state index is 0.0195. The Balaban J connectivity index is 1.78. The third-order valence-corrected chi connectivity index (χ3v) is 9.00. The van der Waals surface area contributed by atoms with Crippen molar-refractivity contribution in [2.75, 3.05) is 24.0 Å². The van der Waals surface area contributed by atoms with Crippen LogP contribution in [0.15, 0.2) is 108 Å². The zero-order valence-electron chi connectivity index (χ0n) is 25.0. The largest absolute Gasteiger partial charge is 0.494 e. The van der Waals surface area contributed by atoms with Gasteiger partial charge in [-0.3, -0.25) is 13.9 Å². The maximum atomic E-state index is 14.4. The minimum Gasteiger partial charge on any atom is -0.494 e. The molecule has 0 unspecified atom stereocenters. The van der Waals surface area contributed by atoms with E-state index in [1.54, 1.807) is 31.2 Å². The van der Waals surface area contributed by atoms with Crippen molar-refractivity contribution in [2.45, 2.75) is 37.8 Å². The fraction of sp³-hybridized carbons (Fsp3) is 0.235. The van der Waals surface area contributed by atoms with E-state index < -0.39 is 34.3 Å². The van der Waals surface area contributed by atoms with Gasteiger partial charge in [0.2, 0.25) is 11.8 Å². The second kappa shape index (κ2) is 15.5. The number of halogens is 2. The summed E-state index contributed by atoms with van der Waals surface area (Å²) in [5.74, 6) is -1.11. The quantitative estimate of drug-likeness (QED) is 0.185. The van der Waals surface area contributed by atoms with Gasteiger partial charge in [0.05, 0.1) is 17.2 Å². The molecule has 0 aliphatic heterocycles. The van der Waals surface area contributed by atoms with Crippen LogP contribution in [0.4, 0.5) is 10.1 Å². The topological polar surface area (TPSA) is 96.0 Å². The van der Waals surface area contributed by atoms with Crippen molar-refractivity contribution in [3.8, 4) is 5.75 Å². The van der Waals surface area contributed by atoms with Crippen LogP contribution in [0, 0.1) is 5.82 Å². The van der Waals surface area contributed by atoms with Gasteiger partial charge in [0.15, 0.2) is 0 Å². The van der Waals surface area contributed by atoms with Crippen LogP contribution >= 0.6 is 11.6 Å². The number of nitrogens with zero attached hydrogens (tertiary/aromatic N) is 2. The van der Waals surface area contributed by atoms with Crippen LogP contribution in [-0.2, 0) is 32.6 Å². The Hall–Kier alpha value is -4.41. The van der Waals surface area contributed by atoms with Gasteiger partial charge in [-0.1, -0.05) is 54.1 Å². The summed E-state index contributed by atoms with van der Waals surface area (Å²) in [4.78, 5) is 29.2. The van der Waals surface area contributed by atoms with Crippen molar-refractivity contribution in [2.24, 2.45) is 0 Å². The molecule has 0 aliphatic rings. The Morgan fingerprint density at radius 2 is 1.56 bits per heavy atom. The van der Waals surface area contributed by atoms with E-state index in [9.17, 15) is 22.4 Å². The number of hydrogen-bond donors (Lipinski definition) is 1. The van der Waals surface area contributed by atoms with E-state index in [-0.39, 0.29) is 29.5 Å². The number of sulfonamides is 1. The normalized spacial score (nSPS) is 11.8. The van der Waals surface area contributed by atoms with Crippen LogP contribution in [-0.4, -0.2) is 50.9 Å². The maximum Gasteiger partial charge on any atom is 0.264 e. The highest BCUT2D eigenvalue weighted by molar-refractivity contribution is 7.92. The number of rotatable bonds is 14. The summed E-state index contributed by atoms with van der Waals surface area (Å²) in [6, 6.07) is 25.8. The lowest BCUT2D eigenvalue weighted by atomic mass is 10.0. The smallest absolute Gasteiger partial charge is 0.264 e. The molecule has 8 nitrogen and oxygen atoms in total. The predicted octanol–water partition coefficient (Wildman–Crippen LogP) is 5.85. The number of amides is 2. The third-order valence-electron chi connectivity index (χ3n) is 6.98. The van der Waals surface area contributed by atoms with Gasteiger partial charge >= 0.3 is 0 Å². The second-order valence-corrected chi connectivity index (χ2v) is 12.4. The summed E-state index contributed by atoms with van der Waals surface area (Å²) in [5.41, 5.74) is 1.55. The van der Waals surface area contributed by atoms with E-state index >= 15 is 0 Å². The number of carbonyl (C=O) groups excluding carboxylic acids is 2. The molecule has 1 N–H and O–H groups in total. The molecule has 0 aliphatic carbocycles. The second-order valence-electron chi connectivity index (χ2n) is 10.1. The molecule has 4 aromatic rings. The highest BCUT2D eigenvalue weighted by atomic mass is 35.5. The SMILES string of the molecule is CCNC(=O)[C@H](Cc1ccccc1)N(Cc1cccc(Cl)c1)C(=O)CN(c1ccc(F)cc1)S(=O)(=O)c1ccc(OCC)cc1. The van der Waals surface area contributed by atoms with Gasteiger partial charge in [-0.2, -0.15) is 0 Å². The fourth-order valence-corrected chi connectivity index (χ4v) is 6.44. The first kappa shape index (κ1) is 33.5. The number of benzene rings is 4. The summed E-state index contributed by atoms with van der Waals surface area (Å²) in [6.07, 6.45) is 0.182. The molecule has 4 rings (SSSR count). The molecule has 0 saturated heterocycles. The number of anilines is 1. The summed E-state index contributed by atoms with van der Waals surface area (Å²) >= 11 is 6.26. The van der Waals surface area contributed by atoms with Crippen molar-refractivity contribution in [1.29, 1.82) is 0 Å². The fourth-order valence-electron chi connectivity index (χ4n) is 4.82. The molecule has 2 amide bonds. The van der Waals surface area contributed by atoms with E-state index in [4.69, 9.17) is 16.3 Å². The first-order chi connectivity index (χ1) is 21.6. The summed E-state index contributed by atoms with van der Waals surface area (Å²) < 4.78 is 48.4. The van der Waals surface area contributed by atoms with Gasteiger partial charge in [0, 0.05) is 24.5 Å². The minimum atomic E-state index is -4.34. The Morgan fingerprint density at radius 3 is 2.18 bits per heavy atom. The van der Waals surface area contributed by atoms with E-state index in [0.717, 1.165) is 22.0 Å². The molecule has 1 atom stereocenters. The molecule has 45 heavy (non-hydrogen) atoms. The van der Waals surface area contributed by atoms with Crippen molar-refractivity contribution >= 4 is 39.1 Å². The van der Waals surface area contributed by atoms with Crippen molar-refractivity contribution in [1.82, 2.24) is 10.2 Å². The molecule has 0 saturated carbocycles. The maximum absolute atomic E-state index is 14.4. The molecule has 0 aromatic heterocycles. The Labute approximate surface area is 268 Å². The van der Waals surface area contributed by atoms with Crippen LogP contribution in [0.25, 0.3) is 0 Å². The molecular weight excluding hydrogens is 617 g/mol. The molecule has 11 heteroatoms. The van der Waals surface area contributed by atoms with E-state index in [1.165, 1.54) is 41.3 Å². The lowest BCUT2D eigenvalue weighted by Crippen LogP contribution is -2.53. The molecule has 4 aromatic carbocycles. The van der Waals surface area contributed by atoms with Gasteiger partial charge in [-0.15, -0.1) is 0 Å². The standard InChI is InChI=1S/C34H35ClFN3O5S/c1-3-37-34(41)32(22-25-9-6-5-7-10-25)38(23-26-11-8-12-27(35)21-26)33(40)24-39(29-15-13-28(36)14-16-29)45(42,43)31-19-17-30(18-20-31)44-4-2/h5-21,32H,3-4,22-24H2,1-2H3,(H,37,41)/t32-/m0/s1. The first-order valence-electron chi connectivity index (χ1n) is 14.5. The number of likely N-dealkylation sites (N-methyl/N-ethyl adjacent to an activating group) is 1. The highest BCUT2D eigenvalue weighted by Crippen LogP contribution is 2.27. The monoisotopic (exact) mass is 651 g/mol. The number of carbonyl (C=O) groups is 2. The molecule has 236 valence electrons. The average molecular weight is 652 g/mol. The van der Waals surface area contributed by atoms with Crippen molar-refractivity contribution in [3.63, 3.8) is 0 Å². The van der Waals surface area contributed by atoms with E-state index in [1.807, 2.05) is 37.3 Å². The van der Waals surface area contributed by atoms with Crippen LogP contribution in [0.5, 0.6) is 5.75 Å². The molecule has 0 radical (unpaired) electrons. The van der Waals surface area contributed by atoms with Crippen molar-refractivity contribution < 1.29 is 27.1 Å². The lowest BCUT2D eigenvalue weighted by molar-refractivity contribution is -0.140. The van der Waals surface area contributed by atoms with Crippen LogP contribution in [0.3, 0.4) is 0 Å². The third kappa shape index (κ3) is 8.83. The lowest BCUT2D eigenvalue weighted by Gasteiger charge is -2.34. The summed E-state index contributed by atoms with van der Waals surface area (Å²) in [7, 11) is -4.34. The molecule has 0 spiro atoms. The van der Waals surface area contributed by atoms with E-state index in [2.05, 4.69) is 5.32 Å². The molecule has 0 fully saturated rings. The van der Waals surface area contributed by atoms with Gasteiger partial charge in [-0.25, -0.2) is 12.8 Å². The predicted molar refractivity (Wildman–Crippen MR) is 173 cm³/mol. The number of hydrogen-bond acceptors (Lipinski definition) is 5. The zero-order chi connectivity index (χ0) is 32.4. The highest BCUT2D eigenvalue weighted by Gasteiger charge is 2.34. The average Bonchev–Trinajstić information content (AvgIpc) is 3.03. The molecule has 0 bridgehead atoms. The zero-order valence-corrected chi connectivity index (χ0v) is 26.6. The Bertz CT molecular complexity index is 1690. The summed E-state index contributed by atoms with van der Waals surface area (Å²) in [5, 5.41) is 3.26. The van der Waals surface area contributed by atoms with Gasteiger partial charge in [0.25, 0.3) is 10.0 Å². The van der Waals surface area contributed by atoms with Gasteiger partial charge in [0.1, 0.15) is 24.2 Å². The van der Waals surface area contributed by atoms with Crippen LogP contribution in [0.2, 0.25) is 5.02 Å². The van der Waals surface area contributed by atoms with Crippen molar-refractivity contribution in [3.05, 3.63) is 125 Å². The number of nitrogens with one attached hydrogen (secondary N) is 1. The Morgan fingerprint density at radius 1 is 0.889 bits per heavy atom. The van der Waals surface area contributed by atoms with Crippen LogP contribution < -0.4 is 14.4 Å². The van der Waals surface area contributed by atoms with Crippen LogP contribution in [0.1, 0.15) is 25.0 Å². The molecule has 0 heterocycles. The molecular formula is C34H35ClFN3O5S. The van der Waals surface area contributed by atoms with Gasteiger partial charge in [-0.05, 0) is 85.6 Å². The summed E-state index contributed by atoms with van der Waals surface area (Å²) in [6.45, 7) is 3.65. The first-order valence-corrected chi connectivity index (χ1v) is 16.3. The van der Waals surface area contributed by atoms with Gasteiger partial charge < -0.3 is 15.0 Å². The number of ether oxygens (including phenoxy) is 1.